The maximum atomic E-state index is 13.6. The van der Waals surface area contributed by atoms with E-state index in [4.69, 9.17) is 16.6 Å². The molecule has 2 aromatic heterocycles. The van der Waals surface area contributed by atoms with Gasteiger partial charge in [0.15, 0.2) is 0 Å². The van der Waals surface area contributed by atoms with Gasteiger partial charge in [-0.05, 0) is 18.6 Å². The van der Waals surface area contributed by atoms with Gasteiger partial charge in [-0.25, -0.2) is 0 Å². The number of carbonyl (C=O) groups is 4. The van der Waals surface area contributed by atoms with Gasteiger partial charge in [0.2, 0.25) is 0 Å². The zero-order valence-corrected chi connectivity index (χ0v) is 33.4. The number of carbonyl (C=O) groups excluding carboxylic acids is 4. The Bertz CT molecular complexity index is 2110. The molecular formula is C37H39ClIN10O4S-. The van der Waals surface area contributed by atoms with Crippen molar-refractivity contribution in [2.45, 2.75) is 51.1 Å². The fraction of sp³-hybridized carbons (Fsp3) is 0.378. The van der Waals surface area contributed by atoms with Crippen LogP contribution in [0.3, 0.4) is 0 Å². The fourth-order valence-electron chi connectivity index (χ4n) is 7.57. The van der Waals surface area contributed by atoms with Crippen molar-refractivity contribution in [1.29, 1.82) is 0 Å². The van der Waals surface area contributed by atoms with Gasteiger partial charge < -0.3 is 5.32 Å². The SMILES string of the molecule is Cc1nc(Nc2ncc(C(=O)Nc3c(C)cccc3Cl)s2)cc(N2CCN([I-]C(=O)N3CC4CC3CN4c3cccc(C4CCC(=O)NC4=O)c3)CC2)n1. The summed E-state index contributed by atoms with van der Waals surface area (Å²) in [4.78, 5) is 71.5. The topological polar surface area (TPSA) is 156 Å². The first-order valence-corrected chi connectivity index (χ1v) is 21.1. The first kappa shape index (κ1) is 36.6. The average Bonchev–Trinajstić information content (AvgIpc) is 3.91. The van der Waals surface area contributed by atoms with Gasteiger partial charge in [-0.3, -0.25) is 9.59 Å². The van der Waals surface area contributed by atoms with E-state index in [0.717, 1.165) is 61.8 Å². The normalized spacial score (nSPS) is 21.5. The number of aryl methyl sites for hydroxylation is 2. The van der Waals surface area contributed by atoms with Gasteiger partial charge in [0.05, 0.1) is 10.7 Å². The summed E-state index contributed by atoms with van der Waals surface area (Å²) in [6, 6.07) is 15.9. The number of piperidine rings is 1. The Morgan fingerprint density at radius 2 is 1.81 bits per heavy atom. The van der Waals surface area contributed by atoms with Gasteiger partial charge in [-0.2, -0.15) is 0 Å². The van der Waals surface area contributed by atoms with Gasteiger partial charge in [-0.1, -0.05) is 23.7 Å². The zero-order chi connectivity index (χ0) is 37.5. The number of anilines is 5. The summed E-state index contributed by atoms with van der Waals surface area (Å²) in [5.74, 6) is 0.973. The average molecular weight is 882 g/mol. The minimum absolute atomic E-state index is 0.188. The molecule has 4 fully saturated rings. The summed E-state index contributed by atoms with van der Waals surface area (Å²) in [7, 11) is 0. The summed E-state index contributed by atoms with van der Waals surface area (Å²) >= 11 is 6.69. The Balaban J connectivity index is 0.826. The molecular weight excluding hydrogens is 843 g/mol. The second-order valence-corrected chi connectivity index (χ2v) is 18.1. The van der Waals surface area contributed by atoms with Gasteiger partial charge >= 0.3 is 266 Å². The van der Waals surface area contributed by atoms with Crippen molar-refractivity contribution < 1.29 is 40.7 Å². The Hall–Kier alpha value is -4.39. The van der Waals surface area contributed by atoms with Crippen LogP contribution in [0, 0.1) is 13.8 Å². The van der Waals surface area contributed by atoms with E-state index in [9.17, 15) is 19.2 Å². The number of nitrogens with zero attached hydrogens (tertiary/aromatic N) is 7. The number of rotatable bonds is 9. The van der Waals surface area contributed by atoms with Crippen LogP contribution in [0.2, 0.25) is 5.02 Å². The molecule has 54 heavy (non-hydrogen) atoms. The number of piperazine rings is 2. The molecule has 17 heteroatoms. The number of halogens is 2. The first-order valence-electron chi connectivity index (χ1n) is 17.9. The molecule has 6 heterocycles. The molecule has 0 radical (unpaired) electrons. The molecule has 3 atom stereocenters. The van der Waals surface area contributed by atoms with Crippen LogP contribution in [0.15, 0.2) is 54.7 Å². The van der Waals surface area contributed by atoms with Crippen LogP contribution in [0.1, 0.15) is 51.8 Å². The molecule has 0 spiro atoms. The molecule has 4 aliphatic heterocycles. The van der Waals surface area contributed by atoms with Crippen molar-refractivity contribution in [1.82, 2.24) is 28.3 Å². The fourth-order valence-corrected chi connectivity index (χ4v) is 10.9. The number of hydrogen-bond acceptors (Lipinski definition) is 12. The number of nitrogens with one attached hydrogen (secondary N) is 3. The molecule has 2 bridgehead atoms. The van der Waals surface area contributed by atoms with Gasteiger partial charge in [-0.15, -0.1) is 0 Å². The Morgan fingerprint density at radius 3 is 2.57 bits per heavy atom. The molecule has 282 valence electrons. The van der Waals surface area contributed by atoms with Crippen LogP contribution in [-0.4, -0.2) is 96.0 Å². The molecule has 4 aliphatic rings. The van der Waals surface area contributed by atoms with Gasteiger partial charge in [0.25, 0.3) is 0 Å². The summed E-state index contributed by atoms with van der Waals surface area (Å²) < 4.78 is 2.60. The number of hydrogen-bond donors (Lipinski definition) is 3. The first-order chi connectivity index (χ1) is 26.1. The second kappa shape index (κ2) is 15.4. The van der Waals surface area contributed by atoms with Crippen molar-refractivity contribution in [2.24, 2.45) is 0 Å². The van der Waals surface area contributed by atoms with E-state index in [-0.39, 0.29) is 39.6 Å². The van der Waals surface area contributed by atoms with Crippen molar-refractivity contribution >= 4 is 72.7 Å². The number of benzene rings is 2. The van der Waals surface area contributed by atoms with Crippen LogP contribution < -0.4 is 47.2 Å². The van der Waals surface area contributed by atoms with E-state index < -0.39 is 21.5 Å². The van der Waals surface area contributed by atoms with Crippen LogP contribution in [0.5, 0.6) is 0 Å². The molecule has 0 saturated carbocycles. The van der Waals surface area contributed by atoms with Gasteiger partial charge in [0.1, 0.15) is 0 Å². The van der Waals surface area contributed by atoms with E-state index in [1.165, 1.54) is 17.5 Å². The monoisotopic (exact) mass is 881 g/mol. The third-order valence-electron chi connectivity index (χ3n) is 10.3. The number of likely N-dealkylation sites (tertiary alicyclic amines) is 1. The standard InChI is InChI=1S/C37H39ClIN10O4S/c1-21-5-3-8-28(38)33(21)45-35(52)29-18-40-37(54-29)43-30-17-31(42-22(2)41-30)46-11-13-47(14-12-46)39-36(53)49-20-25-16-26(49)19-48(25)24-7-4-6-23(15-24)27-9-10-32(50)44-34(27)51/h3-8,15,17-18,25-27H,9-14,16,19-20H2,1-2H3,(H,45,52)(H,44,50,51)(H,40,41,42,43)/q-1. The van der Waals surface area contributed by atoms with Crippen LogP contribution in [-0.2, 0) is 9.59 Å². The van der Waals surface area contributed by atoms with Crippen LogP contribution >= 0.6 is 22.9 Å². The summed E-state index contributed by atoms with van der Waals surface area (Å²) in [6.45, 7) is 8.29. The van der Waals surface area contributed by atoms with Crippen molar-refractivity contribution in [3.8, 4) is 0 Å². The maximum absolute atomic E-state index is 13.6. The van der Waals surface area contributed by atoms with E-state index >= 15 is 0 Å². The third kappa shape index (κ3) is 7.74. The van der Waals surface area contributed by atoms with Crippen LogP contribution in [0.4, 0.5) is 32.9 Å². The number of para-hydroxylation sites is 1. The zero-order valence-electron chi connectivity index (χ0n) is 29.7. The predicted molar refractivity (Wildman–Crippen MR) is 203 cm³/mol. The molecule has 4 aromatic rings. The van der Waals surface area contributed by atoms with Gasteiger partial charge in [0, 0.05) is 0 Å². The van der Waals surface area contributed by atoms with E-state index in [1.54, 1.807) is 6.07 Å². The van der Waals surface area contributed by atoms with E-state index in [2.05, 4.69) is 55.9 Å². The number of aromatic nitrogens is 3. The third-order valence-corrected chi connectivity index (χ3v) is 14.2. The van der Waals surface area contributed by atoms with Crippen LogP contribution in [0.25, 0.3) is 0 Å². The molecule has 4 amide bonds. The minimum atomic E-state index is -0.827. The molecule has 4 saturated heterocycles. The molecule has 3 unspecified atom stereocenters. The quantitative estimate of drug-likeness (QED) is 0.0743. The number of thiazole rings is 1. The molecule has 0 aliphatic carbocycles. The summed E-state index contributed by atoms with van der Waals surface area (Å²) in [6.07, 6.45) is 3.36. The number of imide groups is 1. The van der Waals surface area contributed by atoms with Crippen molar-refractivity contribution in [3.63, 3.8) is 0 Å². The van der Waals surface area contributed by atoms with Crippen molar-refractivity contribution in [2.75, 3.05) is 59.7 Å². The number of fused-ring (bicyclic) bond motifs is 2. The van der Waals surface area contributed by atoms with Crippen molar-refractivity contribution in [3.05, 3.63) is 81.6 Å². The summed E-state index contributed by atoms with van der Waals surface area (Å²) in [5.41, 5.74) is 3.46. The molecule has 2 aromatic carbocycles. The Labute approximate surface area is 332 Å². The second-order valence-electron chi connectivity index (χ2n) is 13.9. The Kier molecular flexibility index (Phi) is 10.4. The number of amides is 4. The molecule has 14 nitrogen and oxygen atoms in total. The van der Waals surface area contributed by atoms with E-state index in [1.807, 2.05) is 44.2 Å². The van der Waals surface area contributed by atoms with E-state index in [0.29, 0.717) is 51.7 Å². The predicted octanol–water partition coefficient (Wildman–Crippen LogP) is 1.93. The molecule has 3 N–H and O–H groups in total. The molecule has 8 rings (SSSR count). The summed E-state index contributed by atoms with van der Waals surface area (Å²) in [5, 5.41) is 9.60. The Morgan fingerprint density at radius 1 is 1.00 bits per heavy atom.